The summed E-state index contributed by atoms with van der Waals surface area (Å²) in [5, 5.41) is 4.09. The first-order chi connectivity index (χ1) is 17.6. The second-order valence-electron chi connectivity index (χ2n) is 9.16. The lowest BCUT2D eigenvalue weighted by Crippen LogP contribution is -2.32. The summed E-state index contributed by atoms with van der Waals surface area (Å²) in [6, 6.07) is 28.6. The minimum absolute atomic E-state index is 0.109. The van der Waals surface area contributed by atoms with E-state index in [1.807, 2.05) is 54.6 Å². The van der Waals surface area contributed by atoms with E-state index in [0.29, 0.717) is 11.1 Å². The van der Waals surface area contributed by atoms with Crippen LogP contribution in [0.3, 0.4) is 0 Å². The molecule has 1 aliphatic carbocycles. The highest BCUT2D eigenvalue weighted by molar-refractivity contribution is 5.97. The minimum atomic E-state index is -5.24. The molecule has 1 fully saturated rings. The van der Waals surface area contributed by atoms with Crippen LogP contribution in [-0.4, -0.2) is 18.1 Å². The fourth-order valence-corrected chi connectivity index (χ4v) is 4.59. The van der Waals surface area contributed by atoms with E-state index in [9.17, 15) is 22.8 Å². The van der Waals surface area contributed by atoms with Gasteiger partial charge in [-0.05, 0) is 46.5 Å². The number of esters is 1. The van der Waals surface area contributed by atoms with Crippen LogP contribution >= 0.6 is 0 Å². The number of carbonyl (C=O) groups is 2. The van der Waals surface area contributed by atoms with E-state index in [0.717, 1.165) is 22.9 Å². The van der Waals surface area contributed by atoms with E-state index >= 15 is 0 Å². The fourth-order valence-electron chi connectivity index (χ4n) is 4.59. The fraction of sp³-hybridized carbons (Fsp3) is 0.172. The summed E-state index contributed by atoms with van der Waals surface area (Å²) in [6.45, 7) is 0. The molecular formula is C29H23F3N2O3. The average Bonchev–Trinajstić information content (AvgIpc) is 3.59. The lowest BCUT2D eigenvalue weighted by Gasteiger charge is -2.19. The molecule has 0 aliphatic heterocycles. The van der Waals surface area contributed by atoms with Gasteiger partial charge in [0.25, 0.3) is 5.91 Å². The molecule has 3 N–H and O–H groups in total. The first-order valence-corrected chi connectivity index (χ1v) is 11.7. The molecule has 0 saturated heterocycles. The number of anilines is 1. The topological polar surface area (TPSA) is 81.4 Å². The number of nitrogens with one attached hydrogen (secondary N) is 1. The Kier molecular flexibility index (Phi) is 6.21. The average molecular weight is 505 g/mol. The zero-order valence-electron chi connectivity index (χ0n) is 19.5. The Hall–Kier alpha value is -4.17. The van der Waals surface area contributed by atoms with Crippen molar-refractivity contribution in [3.8, 4) is 0 Å². The van der Waals surface area contributed by atoms with Gasteiger partial charge in [-0.25, -0.2) is 4.79 Å². The van der Waals surface area contributed by atoms with E-state index in [2.05, 4.69) is 10.1 Å². The van der Waals surface area contributed by atoms with Crippen LogP contribution in [0, 0.1) is 0 Å². The van der Waals surface area contributed by atoms with Crippen molar-refractivity contribution in [1.29, 1.82) is 0 Å². The van der Waals surface area contributed by atoms with Gasteiger partial charge in [-0.15, -0.1) is 0 Å². The maximum absolute atomic E-state index is 13.1. The van der Waals surface area contributed by atoms with Crippen LogP contribution in [-0.2, 0) is 19.9 Å². The quantitative estimate of drug-likeness (QED) is 0.317. The maximum atomic E-state index is 13.1. The zero-order chi connectivity index (χ0) is 26.2. The molecule has 0 aromatic heterocycles. The molecule has 3 unspecified atom stereocenters. The molecule has 0 radical (unpaired) electrons. The smallest absolute Gasteiger partial charge is 0.441 e. The molecule has 3 atom stereocenters. The van der Waals surface area contributed by atoms with E-state index in [1.165, 1.54) is 12.1 Å². The van der Waals surface area contributed by atoms with Crippen LogP contribution in [0.5, 0.6) is 0 Å². The van der Waals surface area contributed by atoms with Gasteiger partial charge in [0.05, 0.1) is 0 Å². The van der Waals surface area contributed by atoms with Crippen molar-refractivity contribution in [3.63, 3.8) is 0 Å². The highest BCUT2D eigenvalue weighted by atomic mass is 19.4. The van der Waals surface area contributed by atoms with Crippen molar-refractivity contribution in [2.24, 2.45) is 5.73 Å². The number of alkyl halides is 3. The molecule has 5 rings (SSSR count). The predicted octanol–water partition coefficient (Wildman–Crippen LogP) is 5.97. The largest absolute Gasteiger partial charge is 0.490 e. The van der Waals surface area contributed by atoms with Crippen LogP contribution in [0.15, 0.2) is 97.1 Å². The predicted molar refractivity (Wildman–Crippen MR) is 134 cm³/mol. The summed E-state index contributed by atoms with van der Waals surface area (Å²) < 4.78 is 43.5. The monoisotopic (exact) mass is 504 g/mol. The maximum Gasteiger partial charge on any atom is 0.490 e. The molecular weight excluding hydrogens is 481 g/mol. The SMILES string of the molecule is NC1(c2ccccc2)CC1c1ccc(NC(=O)C(OC(=O)C(F)(F)F)c2ccc3ccccc3c2)cc1. The minimum Gasteiger partial charge on any atom is -0.441 e. The highest BCUT2D eigenvalue weighted by Crippen LogP contribution is 2.56. The Balaban J connectivity index is 1.35. The summed E-state index contributed by atoms with van der Waals surface area (Å²) in [4.78, 5) is 24.7. The van der Waals surface area contributed by atoms with Gasteiger partial charge >= 0.3 is 12.1 Å². The highest BCUT2D eigenvalue weighted by Gasteiger charge is 2.52. The molecule has 188 valence electrons. The Morgan fingerprint density at radius 1 is 0.892 bits per heavy atom. The van der Waals surface area contributed by atoms with Gasteiger partial charge in [-0.3, -0.25) is 4.79 Å². The van der Waals surface area contributed by atoms with Crippen LogP contribution in [0.25, 0.3) is 10.8 Å². The molecule has 4 aromatic rings. The first-order valence-electron chi connectivity index (χ1n) is 11.7. The van der Waals surface area contributed by atoms with E-state index in [-0.39, 0.29) is 11.5 Å². The number of ether oxygens (including phenoxy) is 1. The number of amides is 1. The third-order valence-electron chi connectivity index (χ3n) is 6.67. The van der Waals surface area contributed by atoms with E-state index in [1.54, 1.807) is 30.3 Å². The van der Waals surface area contributed by atoms with Crippen molar-refractivity contribution in [3.05, 3.63) is 114 Å². The number of hydrogen-bond acceptors (Lipinski definition) is 4. The molecule has 0 bridgehead atoms. The van der Waals surface area contributed by atoms with Crippen molar-refractivity contribution in [2.75, 3.05) is 5.32 Å². The van der Waals surface area contributed by atoms with Crippen LogP contribution < -0.4 is 11.1 Å². The molecule has 8 heteroatoms. The van der Waals surface area contributed by atoms with Gasteiger partial charge in [0.15, 0.2) is 0 Å². The molecule has 0 heterocycles. The molecule has 1 saturated carbocycles. The van der Waals surface area contributed by atoms with Gasteiger partial charge in [-0.2, -0.15) is 13.2 Å². The second kappa shape index (κ2) is 9.37. The molecule has 5 nitrogen and oxygen atoms in total. The number of carbonyl (C=O) groups excluding carboxylic acids is 2. The van der Waals surface area contributed by atoms with Crippen molar-refractivity contribution in [2.45, 2.75) is 30.2 Å². The van der Waals surface area contributed by atoms with Gasteiger partial charge < -0.3 is 15.8 Å². The number of fused-ring (bicyclic) bond motifs is 1. The molecule has 37 heavy (non-hydrogen) atoms. The van der Waals surface area contributed by atoms with Crippen molar-refractivity contribution in [1.82, 2.24) is 0 Å². The second-order valence-corrected chi connectivity index (χ2v) is 9.16. The van der Waals surface area contributed by atoms with Gasteiger partial charge in [-0.1, -0.05) is 78.9 Å². The summed E-state index contributed by atoms with van der Waals surface area (Å²) in [5.74, 6) is -3.23. The van der Waals surface area contributed by atoms with Gasteiger partial charge in [0, 0.05) is 22.7 Å². The molecule has 4 aromatic carbocycles. The summed E-state index contributed by atoms with van der Waals surface area (Å²) >= 11 is 0. The Bertz CT molecular complexity index is 1460. The third-order valence-corrected chi connectivity index (χ3v) is 6.67. The van der Waals surface area contributed by atoms with E-state index < -0.39 is 29.7 Å². The van der Waals surface area contributed by atoms with Gasteiger partial charge in [0.1, 0.15) is 0 Å². The summed E-state index contributed by atoms with van der Waals surface area (Å²) in [5.41, 5.74) is 8.62. The Labute approximate surface area is 211 Å². The van der Waals surface area contributed by atoms with Gasteiger partial charge in [0.2, 0.25) is 6.10 Å². The van der Waals surface area contributed by atoms with Crippen LogP contribution in [0.1, 0.15) is 35.1 Å². The molecule has 1 amide bonds. The standard InChI is InChI=1S/C29H23F3N2O3/c30-29(31,32)27(36)37-25(21-11-10-18-6-4-5-7-20(18)16-21)26(35)34-23-14-12-19(13-15-23)24-17-28(24,33)22-8-2-1-3-9-22/h1-16,24-25H,17,33H2,(H,34,35). The first kappa shape index (κ1) is 24.5. The summed E-state index contributed by atoms with van der Waals surface area (Å²) in [7, 11) is 0. The van der Waals surface area contributed by atoms with E-state index in [4.69, 9.17) is 5.73 Å². The summed E-state index contributed by atoms with van der Waals surface area (Å²) in [6.07, 6.45) is -6.26. The van der Waals surface area contributed by atoms with Crippen molar-refractivity contribution >= 4 is 28.3 Å². The number of halogens is 3. The lowest BCUT2D eigenvalue weighted by molar-refractivity contribution is -0.205. The van der Waals surface area contributed by atoms with Crippen LogP contribution in [0.4, 0.5) is 18.9 Å². The number of hydrogen-bond donors (Lipinski definition) is 2. The zero-order valence-corrected chi connectivity index (χ0v) is 19.5. The Morgan fingerprint density at radius 2 is 1.54 bits per heavy atom. The van der Waals surface area contributed by atoms with Crippen molar-refractivity contribution < 1.29 is 27.5 Å². The Morgan fingerprint density at radius 3 is 2.22 bits per heavy atom. The van der Waals surface area contributed by atoms with Crippen LogP contribution in [0.2, 0.25) is 0 Å². The third kappa shape index (κ3) is 5.06. The lowest BCUT2D eigenvalue weighted by atomic mass is 9.99. The number of nitrogens with two attached hydrogens (primary N) is 1. The number of rotatable bonds is 6. The number of benzene rings is 4. The molecule has 0 spiro atoms. The normalized spacial score (nSPS) is 19.7. The molecule has 1 aliphatic rings.